The van der Waals surface area contributed by atoms with Crippen molar-refractivity contribution in [3.63, 3.8) is 0 Å². The SMILES string of the molecule is O=C(C=Cc1cnc[nH]1)N1CCOC(COc2ccc(Cl)cn2)C1. The molecule has 3 rings (SSSR count). The zero-order valence-corrected chi connectivity index (χ0v) is 13.6. The number of morpholine rings is 1. The number of ether oxygens (including phenoxy) is 2. The lowest BCUT2D eigenvalue weighted by Gasteiger charge is -2.32. The van der Waals surface area contributed by atoms with Crippen molar-refractivity contribution in [2.45, 2.75) is 6.10 Å². The van der Waals surface area contributed by atoms with E-state index in [1.54, 1.807) is 35.6 Å². The molecule has 1 N–H and O–H groups in total. The van der Waals surface area contributed by atoms with Gasteiger partial charge in [0.05, 0.1) is 36.4 Å². The summed E-state index contributed by atoms with van der Waals surface area (Å²) in [5.41, 5.74) is 0.783. The Hall–Kier alpha value is -2.38. The van der Waals surface area contributed by atoms with Gasteiger partial charge in [0, 0.05) is 24.9 Å². The molecule has 1 saturated heterocycles. The second-order valence-corrected chi connectivity index (χ2v) is 5.68. The third-order valence-electron chi connectivity index (χ3n) is 3.49. The number of hydrogen-bond acceptors (Lipinski definition) is 5. The van der Waals surface area contributed by atoms with Crippen molar-refractivity contribution in [2.75, 3.05) is 26.3 Å². The van der Waals surface area contributed by atoms with E-state index in [-0.39, 0.29) is 12.0 Å². The van der Waals surface area contributed by atoms with Crippen molar-refractivity contribution in [1.82, 2.24) is 19.9 Å². The molecular weight excluding hydrogens is 332 g/mol. The Morgan fingerprint density at radius 2 is 2.42 bits per heavy atom. The van der Waals surface area contributed by atoms with Gasteiger partial charge in [-0.1, -0.05) is 11.6 Å². The minimum absolute atomic E-state index is 0.0671. The maximum atomic E-state index is 12.2. The first-order valence-corrected chi connectivity index (χ1v) is 7.90. The first kappa shape index (κ1) is 16.5. The van der Waals surface area contributed by atoms with Crippen molar-refractivity contribution in [2.24, 2.45) is 0 Å². The van der Waals surface area contributed by atoms with E-state index in [1.165, 1.54) is 12.3 Å². The first-order valence-electron chi connectivity index (χ1n) is 7.52. The number of hydrogen-bond donors (Lipinski definition) is 1. The highest BCUT2D eigenvalue weighted by Gasteiger charge is 2.23. The van der Waals surface area contributed by atoms with Gasteiger partial charge in [-0.05, 0) is 12.1 Å². The van der Waals surface area contributed by atoms with E-state index >= 15 is 0 Å². The molecule has 2 aromatic heterocycles. The minimum Gasteiger partial charge on any atom is -0.475 e. The number of carbonyl (C=O) groups is 1. The van der Waals surface area contributed by atoms with Crippen LogP contribution >= 0.6 is 11.6 Å². The zero-order valence-electron chi connectivity index (χ0n) is 12.9. The molecular formula is C16H17ClN4O3. The maximum Gasteiger partial charge on any atom is 0.246 e. The fraction of sp³-hybridized carbons (Fsp3) is 0.312. The quantitative estimate of drug-likeness (QED) is 0.833. The number of aromatic amines is 1. The predicted molar refractivity (Wildman–Crippen MR) is 88.7 cm³/mol. The van der Waals surface area contributed by atoms with Crippen LogP contribution in [-0.4, -0.2) is 58.2 Å². The summed E-state index contributed by atoms with van der Waals surface area (Å²) < 4.78 is 11.2. The maximum absolute atomic E-state index is 12.2. The number of halogens is 1. The third-order valence-corrected chi connectivity index (χ3v) is 3.72. The lowest BCUT2D eigenvalue weighted by atomic mass is 10.2. The van der Waals surface area contributed by atoms with Crippen molar-refractivity contribution >= 4 is 23.6 Å². The lowest BCUT2D eigenvalue weighted by Crippen LogP contribution is -2.47. The van der Waals surface area contributed by atoms with Crippen LogP contribution in [0.15, 0.2) is 36.9 Å². The Morgan fingerprint density at radius 1 is 1.50 bits per heavy atom. The number of carbonyl (C=O) groups excluding carboxylic acids is 1. The number of nitrogens with one attached hydrogen (secondary N) is 1. The summed E-state index contributed by atoms with van der Waals surface area (Å²) in [7, 11) is 0. The van der Waals surface area contributed by atoms with Gasteiger partial charge in [-0.2, -0.15) is 0 Å². The standard InChI is InChI=1S/C16H17ClN4O3/c17-12-1-3-15(19-7-12)24-10-14-9-21(5-6-23-14)16(22)4-2-13-8-18-11-20-13/h1-4,7-8,11,14H,5-6,9-10H2,(H,18,20). The van der Waals surface area contributed by atoms with Crippen LogP contribution in [0.5, 0.6) is 5.88 Å². The van der Waals surface area contributed by atoms with E-state index in [0.717, 1.165) is 5.69 Å². The predicted octanol–water partition coefficient (Wildman–Crippen LogP) is 1.78. The Bertz CT molecular complexity index is 688. The van der Waals surface area contributed by atoms with Gasteiger partial charge in [0.2, 0.25) is 11.8 Å². The fourth-order valence-corrected chi connectivity index (χ4v) is 2.38. The molecule has 0 aromatic carbocycles. The molecule has 0 radical (unpaired) electrons. The highest BCUT2D eigenvalue weighted by Crippen LogP contribution is 2.13. The second-order valence-electron chi connectivity index (χ2n) is 5.24. The molecule has 3 heterocycles. The monoisotopic (exact) mass is 348 g/mol. The summed E-state index contributed by atoms with van der Waals surface area (Å²) in [6.45, 7) is 1.83. The molecule has 8 heteroatoms. The van der Waals surface area contributed by atoms with Crippen LogP contribution < -0.4 is 4.74 Å². The Morgan fingerprint density at radius 3 is 3.17 bits per heavy atom. The number of imidazole rings is 1. The van der Waals surface area contributed by atoms with Crippen LogP contribution in [0.1, 0.15) is 5.69 Å². The summed E-state index contributed by atoms with van der Waals surface area (Å²) >= 11 is 5.78. The van der Waals surface area contributed by atoms with Crippen molar-refractivity contribution in [3.8, 4) is 5.88 Å². The van der Waals surface area contributed by atoms with Gasteiger partial charge in [-0.3, -0.25) is 4.79 Å². The molecule has 0 saturated carbocycles. The summed E-state index contributed by atoms with van der Waals surface area (Å²) in [5.74, 6) is 0.410. The minimum atomic E-state index is -0.194. The molecule has 7 nitrogen and oxygen atoms in total. The van der Waals surface area contributed by atoms with Gasteiger partial charge in [-0.25, -0.2) is 9.97 Å². The van der Waals surface area contributed by atoms with Gasteiger partial charge in [0.25, 0.3) is 0 Å². The van der Waals surface area contributed by atoms with Crippen LogP contribution in [0.4, 0.5) is 0 Å². The molecule has 1 aliphatic heterocycles. The summed E-state index contributed by atoms with van der Waals surface area (Å²) in [5, 5.41) is 0.553. The molecule has 126 valence electrons. The number of nitrogens with zero attached hydrogens (tertiary/aromatic N) is 3. The average molecular weight is 349 g/mol. The highest BCUT2D eigenvalue weighted by molar-refractivity contribution is 6.30. The van der Waals surface area contributed by atoms with Crippen LogP contribution in [0, 0.1) is 0 Å². The lowest BCUT2D eigenvalue weighted by molar-refractivity contribution is -0.134. The Labute approximate surface area is 144 Å². The molecule has 0 aliphatic carbocycles. The van der Waals surface area contributed by atoms with Crippen molar-refractivity contribution in [3.05, 3.63) is 47.6 Å². The Kier molecular flexibility index (Phi) is 5.45. The van der Waals surface area contributed by atoms with E-state index in [9.17, 15) is 4.79 Å². The second kappa shape index (κ2) is 7.94. The molecule has 1 unspecified atom stereocenters. The third kappa shape index (κ3) is 4.56. The smallest absolute Gasteiger partial charge is 0.246 e. The number of aromatic nitrogens is 3. The largest absolute Gasteiger partial charge is 0.475 e. The molecule has 2 aromatic rings. The summed E-state index contributed by atoms with van der Waals surface area (Å²) in [4.78, 5) is 24.8. The van der Waals surface area contributed by atoms with E-state index in [2.05, 4.69) is 15.0 Å². The zero-order chi connectivity index (χ0) is 16.8. The topological polar surface area (TPSA) is 80.3 Å². The average Bonchev–Trinajstić information content (AvgIpc) is 3.13. The van der Waals surface area contributed by atoms with Crippen LogP contribution in [0.2, 0.25) is 5.02 Å². The van der Waals surface area contributed by atoms with Gasteiger partial charge in [-0.15, -0.1) is 0 Å². The number of pyridine rings is 1. The number of H-pyrrole nitrogens is 1. The molecule has 24 heavy (non-hydrogen) atoms. The van der Waals surface area contributed by atoms with E-state index in [4.69, 9.17) is 21.1 Å². The normalized spacial score (nSPS) is 18.0. The van der Waals surface area contributed by atoms with E-state index < -0.39 is 0 Å². The molecule has 0 spiro atoms. The Balaban J connectivity index is 1.50. The molecule has 1 atom stereocenters. The van der Waals surface area contributed by atoms with E-state index in [1.807, 2.05) is 0 Å². The first-order chi connectivity index (χ1) is 11.7. The van der Waals surface area contributed by atoms with Gasteiger partial charge in [0.1, 0.15) is 12.7 Å². The van der Waals surface area contributed by atoms with Crippen LogP contribution in [0.3, 0.4) is 0 Å². The molecule has 0 bridgehead atoms. The molecule has 1 amide bonds. The molecule has 1 fully saturated rings. The van der Waals surface area contributed by atoms with Crippen molar-refractivity contribution in [1.29, 1.82) is 0 Å². The van der Waals surface area contributed by atoms with Crippen LogP contribution in [-0.2, 0) is 9.53 Å². The van der Waals surface area contributed by atoms with Gasteiger partial charge in [0.15, 0.2) is 0 Å². The molecule has 1 aliphatic rings. The summed E-state index contributed by atoms with van der Waals surface area (Å²) in [6, 6.07) is 3.41. The summed E-state index contributed by atoms with van der Waals surface area (Å²) in [6.07, 6.45) is 7.77. The van der Waals surface area contributed by atoms with Crippen LogP contribution in [0.25, 0.3) is 6.08 Å². The van der Waals surface area contributed by atoms with Gasteiger partial charge >= 0.3 is 0 Å². The van der Waals surface area contributed by atoms with Gasteiger partial charge < -0.3 is 19.4 Å². The number of rotatable bonds is 5. The highest BCUT2D eigenvalue weighted by atomic mass is 35.5. The van der Waals surface area contributed by atoms with E-state index in [0.29, 0.717) is 37.2 Å². The van der Waals surface area contributed by atoms with Crippen molar-refractivity contribution < 1.29 is 14.3 Å². The fourth-order valence-electron chi connectivity index (χ4n) is 2.27. The number of amides is 1.